The van der Waals surface area contributed by atoms with Crippen molar-refractivity contribution in [2.45, 2.75) is 13.3 Å². The van der Waals surface area contributed by atoms with Gasteiger partial charge < -0.3 is 9.47 Å². The molecule has 0 bridgehead atoms. The zero-order chi connectivity index (χ0) is 19.9. The summed E-state index contributed by atoms with van der Waals surface area (Å²) in [7, 11) is 0. The van der Waals surface area contributed by atoms with Crippen LogP contribution >= 0.6 is 35.6 Å². The van der Waals surface area contributed by atoms with E-state index in [1.165, 1.54) is 11.8 Å². The van der Waals surface area contributed by atoms with Crippen molar-refractivity contribution in [2.24, 2.45) is 0 Å². The van der Waals surface area contributed by atoms with Gasteiger partial charge in [-0.25, -0.2) is 0 Å². The fraction of sp³-hybridized carbons (Fsp3) is 0.238. The minimum Gasteiger partial charge on any atom is -0.493 e. The number of hydrogen-bond donors (Lipinski definition) is 0. The van der Waals surface area contributed by atoms with Crippen molar-refractivity contribution >= 4 is 51.9 Å². The van der Waals surface area contributed by atoms with E-state index in [0.717, 1.165) is 17.7 Å². The molecule has 0 unspecified atom stereocenters. The third-order valence-corrected chi connectivity index (χ3v) is 5.62. The molecule has 28 heavy (non-hydrogen) atoms. The number of nitrogens with zero attached hydrogens (tertiary/aromatic N) is 1. The molecule has 1 amide bonds. The number of amides is 1. The van der Waals surface area contributed by atoms with Crippen molar-refractivity contribution in [3.05, 3.63) is 64.0 Å². The first-order valence-electron chi connectivity index (χ1n) is 8.94. The zero-order valence-electron chi connectivity index (χ0n) is 15.4. The molecule has 1 saturated heterocycles. The lowest BCUT2D eigenvalue weighted by Crippen LogP contribution is -2.27. The fourth-order valence-corrected chi connectivity index (χ4v) is 4.18. The molecule has 0 saturated carbocycles. The average molecular weight is 434 g/mol. The number of thiocarbonyl (C=S) groups is 1. The first kappa shape index (κ1) is 20.7. The first-order valence-corrected chi connectivity index (χ1v) is 10.5. The van der Waals surface area contributed by atoms with Crippen LogP contribution in [0.5, 0.6) is 11.5 Å². The van der Waals surface area contributed by atoms with Gasteiger partial charge >= 0.3 is 0 Å². The lowest BCUT2D eigenvalue weighted by atomic mass is 10.2. The van der Waals surface area contributed by atoms with Crippen molar-refractivity contribution in [3.63, 3.8) is 0 Å². The number of ether oxygens (including phenoxy) is 2. The Morgan fingerprint density at radius 3 is 2.61 bits per heavy atom. The predicted octanol–water partition coefficient (Wildman–Crippen LogP) is 5.41. The SMILES string of the molecule is CCN1C(=O)/C(=C/c2cc(Cl)ccc2OCCCOc2ccccc2)SC1=S. The quantitative estimate of drug-likeness (QED) is 0.316. The summed E-state index contributed by atoms with van der Waals surface area (Å²) < 4.78 is 12.1. The normalized spacial score (nSPS) is 15.4. The highest BCUT2D eigenvalue weighted by molar-refractivity contribution is 8.26. The van der Waals surface area contributed by atoms with Gasteiger partial charge in [-0.3, -0.25) is 9.69 Å². The summed E-state index contributed by atoms with van der Waals surface area (Å²) >= 11 is 12.7. The zero-order valence-corrected chi connectivity index (χ0v) is 17.8. The Morgan fingerprint density at radius 2 is 1.89 bits per heavy atom. The minimum absolute atomic E-state index is 0.0836. The molecule has 1 fully saturated rings. The number of carbonyl (C=O) groups excluding carboxylic acids is 1. The number of para-hydroxylation sites is 1. The Balaban J connectivity index is 1.62. The molecule has 2 aromatic carbocycles. The van der Waals surface area contributed by atoms with E-state index in [4.69, 9.17) is 33.3 Å². The number of hydrogen-bond acceptors (Lipinski definition) is 5. The number of benzene rings is 2. The van der Waals surface area contributed by atoms with Crippen molar-refractivity contribution in [3.8, 4) is 11.5 Å². The summed E-state index contributed by atoms with van der Waals surface area (Å²) in [4.78, 5) is 14.6. The smallest absolute Gasteiger partial charge is 0.266 e. The summed E-state index contributed by atoms with van der Waals surface area (Å²) in [6, 6.07) is 15.0. The van der Waals surface area contributed by atoms with E-state index >= 15 is 0 Å². The Morgan fingerprint density at radius 1 is 1.14 bits per heavy atom. The van der Waals surface area contributed by atoms with Crippen molar-refractivity contribution in [2.75, 3.05) is 19.8 Å². The molecule has 3 rings (SSSR count). The Labute approximate surface area is 179 Å². The van der Waals surface area contributed by atoms with Gasteiger partial charge in [0, 0.05) is 23.6 Å². The molecule has 0 aromatic heterocycles. The van der Waals surface area contributed by atoms with Crippen LogP contribution in [0.25, 0.3) is 6.08 Å². The topological polar surface area (TPSA) is 38.8 Å². The van der Waals surface area contributed by atoms with E-state index in [2.05, 4.69) is 0 Å². The maximum Gasteiger partial charge on any atom is 0.266 e. The van der Waals surface area contributed by atoms with Gasteiger partial charge in [-0.05, 0) is 43.3 Å². The molecule has 0 atom stereocenters. The van der Waals surface area contributed by atoms with E-state index in [1.807, 2.05) is 43.3 Å². The van der Waals surface area contributed by atoms with E-state index in [1.54, 1.807) is 23.1 Å². The summed E-state index contributed by atoms with van der Waals surface area (Å²) in [5, 5.41) is 0.581. The Kier molecular flexibility index (Phi) is 7.36. The fourth-order valence-electron chi connectivity index (χ4n) is 2.63. The van der Waals surface area contributed by atoms with Crippen molar-refractivity contribution in [1.82, 2.24) is 4.90 Å². The third-order valence-electron chi connectivity index (χ3n) is 4.01. The molecular formula is C21H20ClNO3S2. The number of likely N-dealkylation sites (N-methyl/N-ethyl adjacent to an activating group) is 1. The third kappa shape index (κ3) is 5.28. The molecule has 0 spiro atoms. The van der Waals surface area contributed by atoms with Crippen LogP contribution in [-0.4, -0.2) is 34.9 Å². The standard InChI is InChI=1S/C21H20ClNO3S2/c1-2-23-20(24)19(28-21(23)27)14-15-13-16(22)9-10-18(15)26-12-6-11-25-17-7-4-3-5-8-17/h3-5,7-10,13-14H,2,6,11-12H2,1H3/b19-14-. The van der Waals surface area contributed by atoms with Crippen LogP contribution < -0.4 is 9.47 Å². The van der Waals surface area contributed by atoms with E-state index in [0.29, 0.717) is 39.8 Å². The molecule has 0 aliphatic carbocycles. The van der Waals surface area contributed by atoms with Crippen molar-refractivity contribution < 1.29 is 14.3 Å². The van der Waals surface area contributed by atoms with Gasteiger partial charge in [0.25, 0.3) is 5.91 Å². The number of carbonyl (C=O) groups is 1. The van der Waals surface area contributed by atoms with Crippen molar-refractivity contribution in [1.29, 1.82) is 0 Å². The van der Waals surface area contributed by atoms with Crippen LogP contribution in [0.2, 0.25) is 5.02 Å². The van der Waals surface area contributed by atoms with Gasteiger partial charge in [-0.2, -0.15) is 0 Å². The van der Waals surface area contributed by atoms with Crippen LogP contribution in [0, 0.1) is 0 Å². The molecule has 4 nitrogen and oxygen atoms in total. The Bertz CT molecular complexity index is 886. The summed E-state index contributed by atoms with van der Waals surface area (Å²) in [6.45, 7) is 3.51. The Hall–Kier alpha value is -2.02. The van der Waals surface area contributed by atoms with Crippen LogP contribution in [-0.2, 0) is 4.79 Å². The van der Waals surface area contributed by atoms with Crippen LogP contribution in [0.3, 0.4) is 0 Å². The van der Waals surface area contributed by atoms with Gasteiger partial charge in [0.15, 0.2) is 0 Å². The van der Waals surface area contributed by atoms with Gasteiger partial charge in [0.1, 0.15) is 15.8 Å². The lowest BCUT2D eigenvalue weighted by Gasteiger charge is -2.11. The van der Waals surface area contributed by atoms with E-state index in [-0.39, 0.29) is 5.91 Å². The van der Waals surface area contributed by atoms with E-state index < -0.39 is 0 Å². The molecule has 1 aliphatic rings. The van der Waals surface area contributed by atoms with E-state index in [9.17, 15) is 4.79 Å². The molecular weight excluding hydrogens is 414 g/mol. The summed E-state index contributed by atoms with van der Waals surface area (Å²) in [6.07, 6.45) is 2.52. The number of thioether (sulfide) groups is 1. The molecule has 146 valence electrons. The monoisotopic (exact) mass is 433 g/mol. The van der Waals surface area contributed by atoms with Gasteiger partial charge in [-0.1, -0.05) is 53.8 Å². The highest BCUT2D eigenvalue weighted by Gasteiger charge is 2.30. The number of halogens is 1. The minimum atomic E-state index is -0.0836. The highest BCUT2D eigenvalue weighted by Crippen LogP contribution is 2.34. The summed E-state index contributed by atoms with van der Waals surface area (Å²) in [5.74, 6) is 1.43. The average Bonchev–Trinajstić information content (AvgIpc) is 2.96. The summed E-state index contributed by atoms with van der Waals surface area (Å²) in [5.41, 5.74) is 0.757. The first-order chi connectivity index (χ1) is 13.6. The predicted molar refractivity (Wildman–Crippen MR) is 119 cm³/mol. The molecule has 2 aromatic rings. The van der Waals surface area contributed by atoms with Gasteiger partial charge in [0.2, 0.25) is 0 Å². The molecule has 7 heteroatoms. The largest absolute Gasteiger partial charge is 0.493 e. The van der Waals surface area contributed by atoms with Crippen LogP contribution in [0.1, 0.15) is 18.9 Å². The molecule has 1 aliphatic heterocycles. The maximum atomic E-state index is 12.4. The highest BCUT2D eigenvalue weighted by atomic mass is 35.5. The molecule has 1 heterocycles. The maximum absolute atomic E-state index is 12.4. The second-order valence-electron chi connectivity index (χ2n) is 5.97. The molecule has 0 radical (unpaired) electrons. The van der Waals surface area contributed by atoms with Crippen LogP contribution in [0.4, 0.5) is 0 Å². The second kappa shape index (κ2) is 9.96. The second-order valence-corrected chi connectivity index (χ2v) is 8.08. The van der Waals surface area contributed by atoms with Crippen LogP contribution in [0.15, 0.2) is 53.4 Å². The van der Waals surface area contributed by atoms with Gasteiger partial charge in [0.05, 0.1) is 18.1 Å². The molecule has 0 N–H and O–H groups in total. The van der Waals surface area contributed by atoms with Gasteiger partial charge in [-0.15, -0.1) is 0 Å². The number of rotatable bonds is 8. The lowest BCUT2D eigenvalue weighted by molar-refractivity contribution is -0.121.